The number of nitrogens with one attached hydrogen (secondary N) is 1. The maximum atomic E-state index is 12.5. The summed E-state index contributed by atoms with van der Waals surface area (Å²) in [5, 5.41) is 2.88. The fraction of sp³-hybridized carbons (Fsp3) is 0.917. The van der Waals surface area contributed by atoms with Crippen molar-refractivity contribution in [2.45, 2.75) is 44.9 Å². The highest BCUT2D eigenvalue weighted by atomic mass is 19.4. The first-order chi connectivity index (χ1) is 8.87. The van der Waals surface area contributed by atoms with Gasteiger partial charge < -0.3 is 10.1 Å². The smallest absolute Gasteiger partial charge is 0.401 e. The first-order valence-corrected chi connectivity index (χ1v) is 6.58. The van der Waals surface area contributed by atoms with Gasteiger partial charge in [-0.25, -0.2) is 0 Å². The van der Waals surface area contributed by atoms with Crippen molar-refractivity contribution >= 4 is 5.97 Å². The summed E-state index contributed by atoms with van der Waals surface area (Å²) in [4.78, 5) is 13.0. The van der Waals surface area contributed by atoms with Crippen LogP contribution in [0.2, 0.25) is 0 Å². The number of hydrogen-bond donors (Lipinski definition) is 1. The zero-order chi connectivity index (χ0) is 14.5. The van der Waals surface area contributed by atoms with Crippen LogP contribution in [0.15, 0.2) is 0 Å². The van der Waals surface area contributed by atoms with E-state index in [0.717, 1.165) is 12.8 Å². The van der Waals surface area contributed by atoms with Gasteiger partial charge in [0.15, 0.2) is 0 Å². The van der Waals surface area contributed by atoms with Crippen molar-refractivity contribution in [3.63, 3.8) is 0 Å². The molecule has 1 aliphatic rings. The minimum absolute atomic E-state index is 0.0385. The Morgan fingerprint density at radius 2 is 2.05 bits per heavy atom. The lowest BCUT2D eigenvalue weighted by Gasteiger charge is -2.27. The molecule has 0 aromatic rings. The summed E-state index contributed by atoms with van der Waals surface area (Å²) >= 11 is 0. The predicted molar refractivity (Wildman–Crippen MR) is 64.7 cm³/mol. The summed E-state index contributed by atoms with van der Waals surface area (Å²) in [6, 6.07) is -0.759. The maximum Gasteiger partial charge on any atom is 0.401 e. The number of likely N-dealkylation sites (N-methyl/N-ethyl adjacent to an activating group) is 1. The van der Waals surface area contributed by atoms with E-state index in [0.29, 0.717) is 6.54 Å². The molecule has 0 amide bonds. The number of carbonyl (C=O) groups excluding carboxylic acids is 1. The monoisotopic (exact) mass is 282 g/mol. The standard InChI is InChI=1S/C12H21F3N2O2/c1-3-16-10(11(18)19-4-2)7-17(9-5-6-9)8-12(13,14)15/h9-10,16H,3-8H2,1-2H3. The third-order valence-electron chi connectivity index (χ3n) is 2.88. The SMILES string of the molecule is CCNC(CN(CC(F)(F)F)C1CC1)C(=O)OCC. The average Bonchev–Trinajstić information content (AvgIpc) is 3.09. The predicted octanol–water partition coefficient (Wildman–Crippen LogP) is 1.55. The number of ether oxygens (including phenoxy) is 1. The van der Waals surface area contributed by atoms with E-state index in [1.54, 1.807) is 13.8 Å². The molecule has 1 atom stereocenters. The van der Waals surface area contributed by atoms with Gasteiger partial charge in [-0.2, -0.15) is 13.2 Å². The lowest BCUT2D eigenvalue weighted by molar-refractivity contribution is -0.155. The van der Waals surface area contributed by atoms with Gasteiger partial charge in [-0.05, 0) is 26.3 Å². The lowest BCUT2D eigenvalue weighted by atomic mass is 10.2. The van der Waals surface area contributed by atoms with Crippen molar-refractivity contribution in [2.24, 2.45) is 0 Å². The topological polar surface area (TPSA) is 41.6 Å². The Balaban J connectivity index is 2.59. The molecular formula is C12H21F3N2O2. The Morgan fingerprint density at radius 3 is 2.47 bits per heavy atom. The summed E-state index contributed by atoms with van der Waals surface area (Å²) in [6.45, 7) is 3.28. The van der Waals surface area contributed by atoms with Gasteiger partial charge in [-0.3, -0.25) is 9.69 Å². The van der Waals surface area contributed by atoms with Gasteiger partial charge in [0.25, 0.3) is 0 Å². The summed E-state index contributed by atoms with van der Waals surface area (Å²) in [5.41, 5.74) is 0. The number of rotatable bonds is 8. The zero-order valence-corrected chi connectivity index (χ0v) is 11.3. The van der Waals surface area contributed by atoms with Crippen LogP contribution in [0.5, 0.6) is 0 Å². The molecule has 0 aliphatic heterocycles. The molecule has 1 fully saturated rings. The fourth-order valence-electron chi connectivity index (χ4n) is 1.96. The zero-order valence-electron chi connectivity index (χ0n) is 11.3. The van der Waals surface area contributed by atoms with Crippen molar-refractivity contribution in [2.75, 3.05) is 26.2 Å². The normalized spacial score (nSPS) is 17.6. The Kier molecular flexibility index (Phi) is 6.06. The molecular weight excluding hydrogens is 261 g/mol. The summed E-state index contributed by atoms with van der Waals surface area (Å²) in [5.74, 6) is -0.489. The van der Waals surface area contributed by atoms with Crippen molar-refractivity contribution in [1.82, 2.24) is 10.2 Å². The minimum Gasteiger partial charge on any atom is -0.465 e. The van der Waals surface area contributed by atoms with E-state index >= 15 is 0 Å². The third-order valence-corrected chi connectivity index (χ3v) is 2.88. The quantitative estimate of drug-likeness (QED) is 0.686. The van der Waals surface area contributed by atoms with Crippen LogP contribution >= 0.6 is 0 Å². The van der Waals surface area contributed by atoms with Gasteiger partial charge in [-0.15, -0.1) is 0 Å². The van der Waals surface area contributed by atoms with Crippen molar-refractivity contribution in [3.8, 4) is 0 Å². The van der Waals surface area contributed by atoms with Gasteiger partial charge in [0.2, 0.25) is 0 Å². The number of carbonyl (C=O) groups is 1. The van der Waals surface area contributed by atoms with Crippen LogP contribution in [-0.4, -0.2) is 55.4 Å². The Labute approximate surface area is 111 Å². The number of hydrogen-bond acceptors (Lipinski definition) is 4. The largest absolute Gasteiger partial charge is 0.465 e. The number of alkyl halides is 3. The van der Waals surface area contributed by atoms with Crippen LogP contribution in [0.3, 0.4) is 0 Å². The van der Waals surface area contributed by atoms with E-state index in [4.69, 9.17) is 4.74 Å². The minimum atomic E-state index is -4.24. The first-order valence-electron chi connectivity index (χ1n) is 6.58. The molecule has 0 radical (unpaired) electrons. The first kappa shape index (κ1) is 16.2. The summed E-state index contributed by atoms with van der Waals surface area (Å²) < 4.78 is 42.4. The van der Waals surface area contributed by atoms with Crippen LogP contribution in [0.1, 0.15) is 26.7 Å². The van der Waals surface area contributed by atoms with Gasteiger partial charge in [-0.1, -0.05) is 6.92 Å². The number of nitrogens with zero attached hydrogens (tertiary/aromatic N) is 1. The molecule has 19 heavy (non-hydrogen) atoms. The molecule has 112 valence electrons. The molecule has 1 unspecified atom stereocenters. The van der Waals surface area contributed by atoms with E-state index in [2.05, 4.69) is 5.32 Å². The second-order valence-electron chi connectivity index (χ2n) is 4.64. The van der Waals surface area contributed by atoms with Crippen molar-refractivity contribution in [3.05, 3.63) is 0 Å². The second kappa shape index (κ2) is 7.09. The molecule has 0 bridgehead atoms. The Hall–Kier alpha value is -0.820. The van der Waals surface area contributed by atoms with Crippen LogP contribution in [-0.2, 0) is 9.53 Å². The van der Waals surface area contributed by atoms with Gasteiger partial charge in [0, 0.05) is 12.6 Å². The van der Waals surface area contributed by atoms with Crippen molar-refractivity contribution < 1.29 is 22.7 Å². The molecule has 1 N–H and O–H groups in total. The van der Waals surface area contributed by atoms with Crippen LogP contribution in [0, 0.1) is 0 Å². The fourth-order valence-corrected chi connectivity index (χ4v) is 1.96. The van der Waals surface area contributed by atoms with E-state index in [1.807, 2.05) is 0 Å². The molecule has 1 aliphatic carbocycles. The van der Waals surface area contributed by atoms with Crippen LogP contribution in [0.4, 0.5) is 13.2 Å². The van der Waals surface area contributed by atoms with E-state index < -0.39 is 24.7 Å². The highest BCUT2D eigenvalue weighted by Crippen LogP contribution is 2.30. The molecule has 4 nitrogen and oxygen atoms in total. The van der Waals surface area contributed by atoms with Crippen molar-refractivity contribution in [1.29, 1.82) is 0 Å². The van der Waals surface area contributed by atoms with E-state index in [1.165, 1.54) is 4.90 Å². The van der Waals surface area contributed by atoms with Crippen LogP contribution < -0.4 is 5.32 Å². The molecule has 0 spiro atoms. The molecule has 7 heteroatoms. The Bertz CT molecular complexity index is 293. The summed E-state index contributed by atoms with van der Waals surface area (Å²) in [7, 11) is 0. The lowest BCUT2D eigenvalue weighted by Crippen LogP contribution is -2.49. The summed E-state index contributed by atoms with van der Waals surface area (Å²) in [6.07, 6.45) is -2.72. The molecule has 1 rings (SSSR count). The third kappa shape index (κ3) is 6.24. The average molecular weight is 282 g/mol. The maximum absolute atomic E-state index is 12.5. The highest BCUT2D eigenvalue weighted by molar-refractivity contribution is 5.76. The van der Waals surface area contributed by atoms with Crippen LogP contribution in [0.25, 0.3) is 0 Å². The Morgan fingerprint density at radius 1 is 1.42 bits per heavy atom. The molecule has 0 aromatic carbocycles. The number of esters is 1. The second-order valence-corrected chi connectivity index (χ2v) is 4.64. The molecule has 1 saturated carbocycles. The molecule has 0 aromatic heterocycles. The van der Waals surface area contributed by atoms with Gasteiger partial charge in [0.05, 0.1) is 13.2 Å². The highest BCUT2D eigenvalue weighted by Gasteiger charge is 2.39. The van der Waals surface area contributed by atoms with Gasteiger partial charge in [0.1, 0.15) is 6.04 Å². The van der Waals surface area contributed by atoms with E-state index in [-0.39, 0.29) is 19.2 Å². The van der Waals surface area contributed by atoms with E-state index in [9.17, 15) is 18.0 Å². The molecule has 0 heterocycles. The molecule has 0 saturated heterocycles. The number of halogens is 3. The van der Waals surface area contributed by atoms with Gasteiger partial charge >= 0.3 is 12.1 Å².